The van der Waals surface area contributed by atoms with Crippen molar-refractivity contribution in [3.8, 4) is 5.75 Å². The van der Waals surface area contributed by atoms with Crippen molar-refractivity contribution < 1.29 is 14.3 Å². The molecule has 1 N–H and O–H groups in total. The minimum absolute atomic E-state index is 0.0204. The molecule has 0 heterocycles. The molecular weight excluding hydrogens is 412 g/mol. The van der Waals surface area contributed by atoms with Gasteiger partial charge in [-0.3, -0.25) is 9.59 Å². The fourth-order valence-electron chi connectivity index (χ4n) is 3.48. The number of benzene rings is 2. The van der Waals surface area contributed by atoms with Crippen LogP contribution >= 0.6 is 11.6 Å². The zero-order chi connectivity index (χ0) is 23.1. The molecule has 0 saturated carbocycles. The molecular formula is C25H33ClN2O3. The lowest BCUT2D eigenvalue weighted by Gasteiger charge is -2.31. The van der Waals surface area contributed by atoms with Gasteiger partial charge in [-0.25, -0.2) is 0 Å². The van der Waals surface area contributed by atoms with Crippen LogP contribution in [0.5, 0.6) is 5.75 Å². The van der Waals surface area contributed by atoms with E-state index in [1.54, 1.807) is 11.0 Å². The van der Waals surface area contributed by atoms with Crippen molar-refractivity contribution in [2.75, 3.05) is 6.61 Å². The number of ether oxygens (including phenoxy) is 1. The summed E-state index contributed by atoms with van der Waals surface area (Å²) in [7, 11) is 0. The van der Waals surface area contributed by atoms with Crippen molar-refractivity contribution >= 4 is 23.4 Å². The quantitative estimate of drug-likeness (QED) is 0.593. The molecule has 0 aliphatic rings. The van der Waals surface area contributed by atoms with Crippen molar-refractivity contribution in [2.24, 2.45) is 0 Å². The molecule has 168 valence electrons. The molecule has 1 unspecified atom stereocenters. The van der Waals surface area contributed by atoms with Gasteiger partial charge in [-0.05, 0) is 75.4 Å². The Morgan fingerprint density at radius 2 is 1.81 bits per heavy atom. The summed E-state index contributed by atoms with van der Waals surface area (Å²) in [6, 6.07) is 10.7. The van der Waals surface area contributed by atoms with Crippen LogP contribution in [0.15, 0.2) is 36.4 Å². The monoisotopic (exact) mass is 444 g/mol. The van der Waals surface area contributed by atoms with Gasteiger partial charge in [0.2, 0.25) is 5.91 Å². The van der Waals surface area contributed by atoms with Crippen LogP contribution in [-0.4, -0.2) is 35.4 Å². The van der Waals surface area contributed by atoms with Crippen LogP contribution in [0.2, 0.25) is 5.02 Å². The molecule has 31 heavy (non-hydrogen) atoms. The maximum Gasteiger partial charge on any atom is 0.261 e. The van der Waals surface area contributed by atoms with Gasteiger partial charge in [-0.2, -0.15) is 0 Å². The second-order valence-electron chi connectivity index (χ2n) is 8.19. The molecule has 0 aliphatic carbocycles. The molecule has 0 radical (unpaired) electrons. The molecule has 5 nitrogen and oxygen atoms in total. The molecule has 0 spiro atoms. The van der Waals surface area contributed by atoms with Crippen LogP contribution in [0.4, 0.5) is 0 Å². The van der Waals surface area contributed by atoms with E-state index in [1.165, 1.54) is 0 Å². The number of rotatable bonds is 9. The van der Waals surface area contributed by atoms with Gasteiger partial charge in [0.05, 0.1) is 0 Å². The summed E-state index contributed by atoms with van der Waals surface area (Å²) >= 11 is 6.34. The standard InChI is InChI=1S/C25H33ClN2O3/c1-7-22(25(30)27-16(2)3)28(14-20-10-8-9-11-21(20)26)24(29)15-31-23-13-17(4)12-18(5)19(23)6/h8-13,16,22H,7,14-15H2,1-6H3,(H,27,30). The lowest BCUT2D eigenvalue weighted by molar-refractivity contribution is -0.143. The number of aryl methyl sites for hydroxylation is 2. The van der Waals surface area contributed by atoms with E-state index in [0.29, 0.717) is 17.2 Å². The number of hydrogen-bond acceptors (Lipinski definition) is 3. The first-order valence-electron chi connectivity index (χ1n) is 10.7. The summed E-state index contributed by atoms with van der Waals surface area (Å²) in [6.07, 6.45) is 0.483. The first-order valence-corrected chi connectivity index (χ1v) is 11.1. The number of carbonyl (C=O) groups is 2. The van der Waals surface area contributed by atoms with E-state index in [9.17, 15) is 9.59 Å². The van der Waals surface area contributed by atoms with Gasteiger partial charge in [0, 0.05) is 17.6 Å². The number of halogens is 1. The summed E-state index contributed by atoms with van der Waals surface area (Å²) < 4.78 is 5.91. The summed E-state index contributed by atoms with van der Waals surface area (Å²) in [6.45, 7) is 11.8. The highest BCUT2D eigenvalue weighted by Crippen LogP contribution is 2.24. The van der Waals surface area contributed by atoms with Crippen molar-refractivity contribution in [3.05, 3.63) is 63.7 Å². The number of hydrogen-bond donors (Lipinski definition) is 1. The van der Waals surface area contributed by atoms with Gasteiger partial charge < -0.3 is 15.0 Å². The summed E-state index contributed by atoms with van der Waals surface area (Å²) in [5.41, 5.74) is 3.97. The van der Waals surface area contributed by atoms with E-state index >= 15 is 0 Å². The summed E-state index contributed by atoms with van der Waals surface area (Å²) in [5, 5.41) is 3.48. The molecule has 0 aliphatic heterocycles. The van der Waals surface area contributed by atoms with Crippen molar-refractivity contribution in [1.82, 2.24) is 10.2 Å². The van der Waals surface area contributed by atoms with Crippen molar-refractivity contribution in [2.45, 2.75) is 66.6 Å². The Balaban J connectivity index is 2.29. The molecule has 2 amide bonds. The lowest BCUT2D eigenvalue weighted by Crippen LogP contribution is -2.51. The molecule has 2 aromatic carbocycles. The van der Waals surface area contributed by atoms with Crippen LogP contribution in [0.3, 0.4) is 0 Å². The predicted molar refractivity (Wildman–Crippen MR) is 126 cm³/mol. The minimum Gasteiger partial charge on any atom is -0.483 e. The number of carbonyl (C=O) groups excluding carboxylic acids is 2. The van der Waals surface area contributed by atoms with E-state index in [2.05, 4.69) is 11.4 Å². The first kappa shape index (κ1) is 24.7. The average Bonchev–Trinajstić information content (AvgIpc) is 2.70. The Morgan fingerprint density at radius 3 is 2.42 bits per heavy atom. The van der Waals surface area contributed by atoms with Gasteiger partial charge in [0.1, 0.15) is 11.8 Å². The molecule has 0 saturated heterocycles. The second kappa shape index (κ2) is 11.2. The van der Waals surface area contributed by atoms with Crippen LogP contribution in [-0.2, 0) is 16.1 Å². The van der Waals surface area contributed by atoms with E-state index in [0.717, 1.165) is 22.3 Å². The van der Waals surface area contributed by atoms with Gasteiger partial charge in [-0.1, -0.05) is 42.8 Å². The third-order valence-corrected chi connectivity index (χ3v) is 5.60. The van der Waals surface area contributed by atoms with Crippen molar-refractivity contribution in [3.63, 3.8) is 0 Å². The van der Waals surface area contributed by atoms with Gasteiger partial charge in [0.15, 0.2) is 6.61 Å². The van der Waals surface area contributed by atoms with Crippen LogP contribution in [0.1, 0.15) is 49.4 Å². The zero-order valence-corrected chi connectivity index (χ0v) is 20.0. The van der Waals surface area contributed by atoms with Crippen molar-refractivity contribution in [1.29, 1.82) is 0 Å². The molecule has 2 aromatic rings. The number of nitrogens with zero attached hydrogens (tertiary/aromatic N) is 1. The fraction of sp³-hybridized carbons (Fsp3) is 0.440. The first-order chi connectivity index (χ1) is 14.6. The minimum atomic E-state index is -0.616. The van der Waals surface area contributed by atoms with Crippen LogP contribution in [0.25, 0.3) is 0 Å². The molecule has 0 fully saturated rings. The topological polar surface area (TPSA) is 58.6 Å². The van der Waals surface area contributed by atoms with Crippen LogP contribution < -0.4 is 10.1 Å². The molecule has 6 heteroatoms. The summed E-state index contributed by atoms with van der Waals surface area (Å²) in [4.78, 5) is 27.7. The Morgan fingerprint density at radius 1 is 1.13 bits per heavy atom. The average molecular weight is 445 g/mol. The smallest absolute Gasteiger partial charge is 0.261 e. The van der Waals surface area contributed by atoms with E-state index in [4.69, 9.17) is 16.3 Å². The van der Waals surface area contributed by atoms with E-state index < -0.39 is 6.04 Å². The maximum atomic E-state index is 13.3. The number of nitrogens with one attached hydrogen (secondary N) is 1. The van der Waals surface area contributed by atoms with Gasteiger partial charge in [-0.15, -0.1) is 0 Å². The van der Waals surface area contributed by atoms with Gasteiger partial charge in [0.25, 0.3) is 5.91 Å². The molecule has 1 atom stereocenters. The lowest BCUT2D eigenvalue weighted by atomic mass is 10.1. The zero-order valence-electron chi connectivity index (χ0n) is 19.3. The number of amides is 2. The highest BCUT2D eigenvalue weighted by molar-refractivity contribution is 6.31. The Labute approximate surface area is 190 Å². The Hall–Kier alpha value is -2.53. The summed E-state index contributed by atoms with van der Waals surface area (Å²) in [5.74, 6) is 0.243. The van der Waals surface area contributed by atoms with Crippen LogP contribution in [0, 0.1) is 20.8 Å². The van der Waals surface area contributed by atoms with E-state index in [-0.39, 0.29) is 31.0 Å². The predicted octanol–water partition coefficient (Wildman–Crippen LogP) is 4.98. The molecule has 0 bridgehead atoms. The normalized spacial score (nSPS) is 11.9. The SMILES string of the molecule is CCC(C(=O)NC(C)C)N(Cc1ccccc1Cl)C(=O)COc1cc(C)cc(C)c1C. The Kier molecular flexibility index (Phi) is 8.93. The van der Waals surface area contributed by atoms with E-state index in [1.807, 2.05) is 65.8 Å². The maximum absolute atomic E-state index is 13.3. The highest BCUT2D eigenvalue weighted by atomic mass is 35.5. The van der Waals surface area contributed by atoms with Gasteiger partial charge >= 0.3 is 0 Å². The third-order valence-electron chi connectivity index (χ3n) is 5.23. The molecule has 2 rings (SSSR count). The molecule has 0 aromatic heterocycles. The largest absolute Gasteiger partial charge is 0.483 e. The second-order valence-corrected chi connectivity index (χ2v) is 8.60. The highest BCUT2D eigenvalue weighted by Gasteiger charge is 2.29. The fourth-order valence-corrected chi connectivity index (χ4v) is 3.68. The third kappa shape index (κ3) is 6.73. The Bertz CT molecular complexity index is 927.